The van der Waals surface area contributed by atoms with Gasteiger partial charge in [-0.1, -0.05) is 0 Å². The first kappa shape index (κ1) is 7.98. The van der Waals surface area contributed by atoms with Gasteiger partial charge in [-0.2, -0.15) is 0 Å². The summed E-state index contributed by atoms with van der Waals surface area (Å²) in [7, 11) is 1.73. The number of ketones is 1. The fraction of sp³-hybridized carbons (Fsp3) is 0.909. The molecule has 3 fully saturated rings. The quantitative estimate of drug-likeness (QED) is 0.647. The SMILES string of the molecule is COC[C@]12CC[C@H](CC1=O)C21CC1. The van der Waals surface area contributed by atoms with Crippen LogP contribution in [0.1, 0.15) is 32.1 Å². The Bertz CT molecular complexity index is 267. The van der Waals surface area contributed by atoms with Crippen molar-refractivity contribution in [2.75, 3.05) is 13.7 Å². The van der Waals surface area contributed by atoms with Crippen LogP contribution in [0, 0.1) is 16.7 Å². The van der Waals surface area contributed by atoms with Crippen molar-refractivity contribution in [1.29, 1.82) is 0 Å². The lowest BCUT2D eigenvalue weighted by Gasteiger charge is -2.29. The highest BCUT2D eigenvalue weighted by Crippen LogP contribution is 2.75. The molecule has 0 aromatic heterocycles. The van der Waals surface area contributed by atoms with E-state index in [-0.39, 0.29) is 5.41 Å². The second-order valence-corrected chi connectivity index (χ2v) is 5.03. The van der Waals surface area contributed by atoms with E-state index in [0.29, 0.717) is 17.8 Å². The van der Waals surface area contributed by atoms with Crippen molar-refractivity contribution in [3.05, 3.63) is 0 Å². The van der Waals surface area contributed by atoms with Crippen LogP contribution in [0.4, 0.5) is 0 Å². The van der Waals surface area contributed by atoms with Gasteiger partial charge >= 0.3 is 0 Å². The zero-order chi connectivity index (χ0) is 9.10. The Morgan fingerprint density at radius 3 is 2.77 bits per heavy atom. The number of carbonyl (C=O) groups is 1. The Morgan fingerprint density at radius 1 is 1.46 bits per heavy atom. The van der Waals surface area contributed by atoms with Crippen LogP contribution in [0.25, 0.3) is 0 Å². The number of rotatable bonds is 2. The molecule has 3 saturated carbocycles. The Hall–Kier alpha value is -0.370. The second-order valence-electron chi connectivity index (χ2n) is 5.03. The molecule has 0 saturated heterocycles. The van der Waals surface area contributed by atoms with Gasteiger partial charge in [-0.15, -0.1) is 0 Å². The molecule has 13 heavy (non-hydrogen) atoms. The zero-order valence-electron chi connectivity index (χ0n) is 8.14. The van der Waals surface area contributed by atoms with E-state index in [1.807, 2.05) is 0 Å². The van der Waals surface area contributed by atoms with Gasteiger partial charge in [0, 0.05) is 13.5 Å². The average molecular weight is 180 g/mol. The summed E-state index contributed by atoms with van der Waals surface area (Å²) in [6, 6.07) is 0. The van der Waals surface area contributed by atoms with Gasteiger partial charge in [0.05, 0.1) is 12.0 Å². The first-order valence-electron chi connectivity index (χ1n) is 5.27. The molecule has 3 aliphatic carbocycles. The van der Waals surface area contributed by atoms with Gasteiger partial charge < -0.3 is 4.74 Å². The molecular formula is C11H16O2. The Kier molecular flexibility index (Phi) is 1.33. The highest BCUT2D eigenvalue weighted by molar-refractivity contribution is 5.90. The minimum Gasteiger partial charge on any atom is -0.384 e. The number of Topliss-reactive ketones (excluding diaryl/α,β-unsaturated/α-hetero) is 1. The van der Waals surface area contributed by atoms with Crippen LogP contribution in [0.15, 0.2) is 0 Å². The molecule has 2 atom stereocenters. The van der Waals surface area contributed by atoms with Crippen LogP contribution < -0.4 is 0 Å². The molecule has 3 rings (SSSR count). The highest BCUT2D eigenvalue weighted by atomic mass is 16.5. The fourth-order valence-corrected chi connectivity index (χ4v) is 4.03. The molecule has 0 aliphatic heterocycles. The average Bonchev–Trinajstić information content (AvgIpc) is 2.80. The van der Waals surface area contributed by atoms with Gasteiger partial charge in [-0.3, -0.25) is 4.79 Å². The van der Waals surface area contributed by atoms with Crippen LogP contribution in [-0.4, -0.2) is 19.5 Å². The lowest BCUT2D eigenvalue weighted by molar-refractivity contribution is -0.131. The van der Waals surface area contributed by atoms with E-state index < -0.39 is 0 Å². The number of ether oxygens (including phenoxy) is 1. The molecule has 0 aromatic carbocycles. The first-order chi connectivity index (χ1) is 6.25. The van der Waals surface area contributed by atoms with Gasteiger partial charge in [0.2, 0.25) is 0 Å². The predicted octanol–water partition coefficient (Wildman–Crippen LogP) is 1.78. The summed E-state index contributed by atoms with van der Waals surface area (Å²) in [6.07, 6.45) is 5.79. The van der Waals surface area contributed by atoms with E-state index in [0.717, 1.165) is 18.8 Å². The van der Waals surface area contributed by atoms with Crippen molar-refractivity contribution in [2.45, 2.75) is 32.1 Å². The lowest BCUT2D eigenvalue weighted by Crippen LogP contribution is -2.36. The number of hydrogen-bond acceptors (Lipinski definition) is 2. The van der Waals surface area contributed by atoms with E-state index >= 15 is 0 Å². The summed E-state index contributed by atoms with van der Waals surface area (Å²) in [6.45, 7) is 0.683. The van der Waals surface area contributed by atoms with E-state index in [1.165, 1.54) is 19.3 Å². The molecule has 1 spiro atoms. The Balaban J connectivity index is 2.02. The number of methoxy groups -OCH3 is 1. The summed E-state index contributed by atoms with van der Waals surface area (Å²) < 4.78 is 5.27. The van der Waals surface area contributed by atoms with Crippen LogP contribution >= 0.6 is 0 Å². The van der Waals surface area contributed by atoms with Gasteiger partial charge in [-0.25, -0.2) is 0 Å². The topological polar surface area (TPSA) is 26.3 Å². The summed E-state index contributed by atoms with van der Waals surface area (Å²) in [5.41, 5.74) is 0.381. The molecule has 3 aliphatic rings. The van der Waals surface area contributed by atoms with Crippen LogP contribution in [0.5, 0.6) is 0 Å². The molecule has 0 amide bonds. The van der Waals surface area contributed by atoms with Crippen LogP contribution in [0.3, 0.4) is 0 Å². The molecular weight excluding hydrogens is 164 g/mol. The summed E-state index contributed by atoms with van der Waals surface area (Å²) in [4.78, 5) is 11.9. The van der Waals surface area contributed by atoms with E-state index in [1.54, 1.807) is 7.11 Å². The first-order valence-corrected chi connectivity index (χ1v) is 5.27. The maximum absolute atomic E-state index is 11.9. The standard InChI is InChI=1S/C11H16O2/c1-13-7-11-3-2-8(6-9(11)12)10(11)4-5-10/h8H,2-7H2,1H3/t8-,11-/m1/s1. The number of hydrogen-bond donors (Lipinski definition) is 0. The highest BCUT2D eigenvalue weighted by Gasteiger charge is 2.73. The van der Waals surface area contributed by atoms with Crippen molar-refractivity contribution in [2.24, 2.45) is 16.7 Å². The minimum atomic E-state index is -0.0353. The van der Waals surface area contributed by atoms with Gasteiger partial charge in [0.25, 0.3) is 0 Å². The summed E-state index contributed by atoms with van der Waals surface area (Å²) in [5, 5.41) is 0. The van der Waals surface area contributed by atoms with E-state index in [2.05, 4.69) is 0 Å². The summed E-state index contributed by atoms with van der Waals surface area (Å²) in [5.74, 6) is 1.22. The molecule has 0 aromatic rings. The van der Waals surface area contributed by atoms with Crippen molar-refractivity contribution < 1.29 is 9.53 Å². The monoisotopic (exact) mass is 180 g/mol. The maximum Gasteiger partial charge on any atom is 0.142 e. The summed E-state index contributed by atoms with van der Waals surface area (Å²) >= 11 is 0. The van der Waals surface area contributed by atoms with Crippen molar-refractivity contribution >= 4 is 5.78 Å². The van der Waals surface area contributed by atoms with Crippen molar-refractivity contribution in [1.82, 2.24) is 0 Å². The minimum absolute atomic E-state index is 0.0353. The van der Waals surface area contributed by atoms with Crippen molar-refractivity contribution in [3.63, 3.8) is 0 Å². The van der Waals surface area contributed by atoms with E-state index in [4.69, 9.17) is 4.74 Å². The third-order valence-electron chi connectivity index (χ3n) is 4.80. The largest absolute Gasteiger partial charge is 0.384 e. The second kappa shape index (κ2) is 2.17. The molecule has 2 bridgehead atoms. The smallest absolute Gasteiger partial charge is 0.142 e. The Morgan fingerprint density at radius 2 is 2.23 bits per heavy atom. The van der Waals surface area contributed by atoms with Gasteiger partial charge in [-0.05, 0) is 37.0 Å². The van der Waals surface area contributed by atoms with Gasteiger partial charge in [0.15, 0.2) is 0 Å². The van der Waals surface area contributed by atoms with Gasteiger partial charge in [0.1, 0.15) is 5.78 Å². The third-order valence-corrected chi connectivity index (χ3v) is 4.80. The van der Waals surface area contributed by atoms with Crippen LogP contribution in [0.2, 0.25) is 0 Å². The molecule has 0 radical (unpaired) electrons. The lowest BCUT2D eigenvalue weighted by atomic mass is 9.76. The zero-order valence-corrected chi connectivity index (χ0v) is 8.14. The molecule has 0 unspecified atom stereocenters. The number of carbonyl (C=O) groups excluding carboxylic acids is 1. The fourth-order valence-electron chi connectivity index (χ4n) is 4.03. The molecule has 0 N–H and O–H groups in total. The maximum atomic E-state index is 11.9. The molecule has 72 valence electrons. The molecule has 0 heterocycles. The van der Waals surface area contributed by atoms with Crippen molar-refractivity contribution in [3.8, 4) is 0 Å². The Labute approximate surface area is 78.6 Å². The van der Waals surface area contributed by atoms with Crippen LogP contribution in [-0.2, 0) is 9.53 Å². The normalized spacial score (nSPS) is 44.7. The van der Waals surface area contributed by atoms with E-state index in [9.17, 15) is 4.79 Å². The molecule has 2 nitrogen and oxygen atoms in total. The third kappa shape index (κ3) is 0.687. The predicted molar refractivity (Wildman–Crippen MR) is 48.3 cm³/mol. The molecule has 2 heteroatoms.